The molecule has 3 rings (SSSR count). The zero-order valence-corrected chi connectivity index (χ0v) is 14.9. The number of rotatable bonds is 7. The van der Waals surface area contributed by atoms with Gasteiger partial charge < -0.3 is 5.11 Å². The molecule has 1 N–H and O–H groups in total. The molecule has 0 spiro atoms. The maximum absolute atomic E-state index is 10.6. The van der Waals surface area contributed by atoms with Crippen LogP contribution in [-0.2, 0) is 6.42 Å². The smallest absolute Gasteiger partial charge is 0.119 e. The van der Waals surface area contributed by atoms with E-state index in [1.54, 1.807) is 0 Å². The molecule has 0 aliphatic heterocycles. The van der Waals surface area contributed by atoms with Crippen molar-refractivity contribution in [2.45, 2.75) is 39.0 Å². The van der Waals surface area contributed by atoms with Crippen LogP contribution in [0, 0.1) is 0 Å². The van der Waals surface area contributed by atoms with Crippen molar-refractivity contribution in [3.8, 4) is 28.0 Å². The van der Waals surface area contributed by atoms with E-state index in [1.165, 1.54) is 41.5 Å². The molecule has 0 atom stereocenters. The van der Waals surface area contributed by atoms with Gasteiger partial charge in [0.2, 0.25) is 0 Å². The third-order valence-corrected chi connectivity index (χ3v) is 4.72. The molecule has 1 nitrogen and oxygen atoms in total. The molecule has 0 unspecified atom stereocenters. The maximum Gasteiger partial charge on any atom is 0.119 e. The molecule has 0 radical (unpaired) electrons. The van der Waals surface area contributed by atoms with E-state index in [0.717, 1.165) is 18.4 Å². The lowest BCUT2D eigenvalue weighted by Crippen LogP contribution is -1.95. The summed E-state index contributed by atoms with van der Waals surface area (Å²) in [6.07, 6.45) is 5.71. The van der Waals surface area contributed by atoms with Gasteiger partial charge >= 0.3 is 0 Å². The van der Waals surface area contributed by atoms with E-state index < -0.39 is 0 Å². The molecule has 3 aromatic rings. The minimum atomic E-state index is 0.412. The second-order valence-electron chi connectivity index (χ2n) is 6.53. The summed E-state index contributed by atoms with van der Waals surface area (Å²) < 4.78 is 0. The molecule has 128 valence electrons. The van der Waals surface area contributed by atoms with Gasteiger partial charge in [0.25, 0.3) is 0 Å². The summed E-state index contributed by atoms with van der Waals surface area (Å²) in [6, 6.07) is 24.8. The van der Waals surface area contributed by atoms with Crippen molar-refractivity contribution >= 4 is 0 Å². The zero-order valence-electron chi connectivity index (χ0n) is 14.9. The van der Waals surface area contributed by atoms with Crippen LogP contribution in [0.1, 0.15) is 38.2 Å². The summed E-state index contributed by atoms with van der Waals surface area (Å²) in [5.74, 6) is 0.412. The van der Waals surface area contributed by atoms with Crippen molar-refractivity contribution in [3.05, 3.63) is 78.4 Å². The van der Waals surface area contributed by atoms with E-state index in [9.17, 15) is 5.11 Å². The number of benzene rings is 3. The van der Waals surface area contributed by atoms with Crippen LogP contribution < -0.4 is 0 Å². The van der Waals surface area contributed by atoms with Gasteiger partial charge in [0.05, 0.1) is 0 Å². The molecule has 3 aromatic carbocycles. The topological polar surface area (TPSA) is 20.2 Å². The fourth-order valence-corrected chi connectivity index (χ4v) is 3.41. The number of hydrogen-bond donors (Lipinski definition) is 1. The molecule has 25 heavy (non-hydrogen) atoms. The lowest BCUT2D eigenvalue weighted by Gasteiger charge is -2.17. The summed E-state index contributed by atoms with van der Waals surface area (Å²) in [6.45, 7) is 2.23. The van der Waals surface area contributed by atoms with E-state index in [4.69, 9.17) is 0 Å². The van der Waals surface area contributed by atoms with Crippen LogP contribution in [0.2, 0.25) is 0 Å². The summed E-state index contributed by atoms with van der Waals surface area (Å²) in [4.78, 5) is 0. The van der Waals surface area contributed by atoms with Gasteiger partial charge in [-0.3, -0.25) is 0 Å². The fourth-order valence-electron chi connectivity index (χ4n) is 3.41. The highest BCUT2D eigenvalue weighted by Gasteiger charge is 2.15. The van der Waals surface area contributed by atoms with Crippen LogP contribution in [0.3, 0.4) is 0 Å². The van der Waals surface area contributed by atoms with Gasteiger partial charge in [-0.25, -0.2) is 0 Å². The van der Waals surface area contributed by atoms with E-state index in [0.29, 0.717) is 5.75 Å². The second-order valence-corrected chi connectivity index (χ2v) is 6.53. The Hall–Kier alpha value is -2.54. The van der Waals surface area contributed by atoms with Gasteiger partial charge in [0, 0.05) is 5.56 Å². The number of unbranched alkanes of at least 4 members (excludes halogenated alkanes) is 3. The molecular formula is C24H26O. The quantitative estimate of drug-likeness (QED) is 0.470. The average molecular weight is 330 g/mol. The van der Waals surface area contributed by atoms with Crippen LogP contribution in [-0.4, -0.2) is 5.11 Å². The summed E-state index contributed by atoms with van der Waals surface area (Å²) in [5.41, 5.74) is 5.79. The highest BCUT2D eigenvalue weighted by Crippen LogP contribution is 2.39. The predicted octanol–water partition coefficient (Wildman–Crippen LogP) is 6.85. The van der Waals surface area contributed by atoms with Gasteiger partial charge in [0.1, 0.15) is 5.75 Å². The Morgan fingerprint density at radius 2 is 1.32 bits per heavy atom. The standard InChI is InChI=1S/C24H26O/c1-2-3-4-11-16-22-23(25)18-17-21(19-12-7-5-8-13-19)24(22)20-14-9-6-10-15-20/h5-10,12-15,17-18,25H,2-4,11,16H2,1H3. The molecule has 0 bridgehead atoms. The van der Waals surface area contributed by atoms with Gasteiger partial charge in [-0.15, -0.1) is 0 Å². The number of phenolic OH excluding ortho intramolecular Hbond substituents is 1. The first-order chi connectivity index (χ1) is 12.3. The monoisotopic (exact) mass is 330 g/mol. The van der Waals surface area contributed by atoms with Crippen molar-refractivity contribution in [2.75, 3.05) is 0 Å². The lowest BCUT2D eigenvalue weighted by atomic mass is 9.88. The van der Waals surface area contributed by atoms with Crippen LogP contribution >= 0.6 is 0 Å². The Morgan fingerprint density at radius 3 is 1.96 bits per heavy atom. The molecule has 0 amide bonds. The maximum atomic E-state index is 10.6. The molecule has 0 aromatic heterocycles. The third kappa shape index (κ3) is 4.11. The highest BCUT2D eigenvalue weighted by molar-refractivity contribution is 5.87. The van der Waals surface area contributed by atoms with Crippen molar-refractivity contribution < 1.29 is 5.11 Å². The normalized spacial score (nSPS) is 10.8. The van der Waals surface area contributed by atoms with Crippen molar-refractivity contribution in [1.29, 1.82) is 0 Å². The van der Waals surface area contributed by atoms with Crippen LogP contribution in [0.15, 0.2) is 72.8 Å². The van der Waals surface area contributed by atoms with E-state index in [1.807, 2.05) is 24.3 Å². The van der Waals surface area contributed by atoms with Crippen LogP contribution in [0.5, 0.6) is 5.75 Å². The van der Waals surface area contributed by atoms with Gasteiger partial charge in [-0.1, -0.05) is 92.9 Å². The Morgan fingerprint density at radius 1 is 0.680 bits per heavy atom. The van der Waals surface area contributed by atoms with Crippen molar-refractivity contribution in [2.24, 2.45) is 0 Å². The Balaban J connectivity index is 2.10. The fraction of sp³-hybridized carbons (Fsp3) is 0.250. The summed E-state index contributed by atoms with van der Waals surface area (Å²) >= 11 is 0. The van der Waals surface area contributed by atoms with Crippen LogP contribution in [0.25, 0.3) is 22.3 Å². The average Bonchev–Trinajstić information content (AvgIpc) is 2.67. The molecule has 0 aliphatic carbocycles. The molecule has 0 saturated carbocycles. The van der Waals surface area contributed by atoms with Gasteiger partial charge in [-0.2, -0.15) is 0 Å². The van der Waals surface area contributed by atoms with Crippen molar-refractivity contribution in [3.63, 3.8) is 0 Å². The first-order valence-corrected chi connectivity index (χ1v) is 9.27. The number of hydrogen-bond acceptors (Lipinski definition) is 1. The second kappa shape index (κ2) is 8.53. The molecular weight excluding hydrogens is 304 g/mol. The first kappa shape index (κ1) is 17.3. The molecule has 0 fully saturated rings. The Kier molecular flexibility index (Phi) is 5.90. The highest BCUT2D eigenvalue weighted by atomic mass is 16.3. The Bertz CT molecular complexity index is 791. The molecule has 0 heterocycles. The SMILES string of the molecule is CCCCCCc1c(O)ccc(-c2ccccc2)c1-c1ccccc1. The number of phenols is 1. The van der Waals surface area contributed by atoms with Gasteiger partial charge in [0.15, 0.2) is 0 Å². The predicted molar refractivity (Wildman–Crippen MR) is 107 cm³/mol. The molecule has 0 saturated heterocycles. The van der Waals surface area contributed by atoms with Gasteiger partial charge in [-0.05, 0) is 41.2 Å². The van der Waals surface area contributed by atoms with Crippen molar-refractivity contribution in [1.82, 2.24) is 0 Å². The lowest BCUT2D eigenvalue weighted by molar-refractivity contribution is 0.466. The largest absolute Gasteiger partial charge is 0.508 e. The van der Waals surface area contributed by atoms with E-state index in [2.05, 4.69) is 55.5 Å². The summed E-state index contributed by atoms with van der Waals surface area (Å²) in [5, 5.41) is 10.6. The Labute approximate surface area is 151 Å². The zero-order chi connectivity index (χ0) is 17.5. The minimum absolute atomic E-state index is 0.412. The molecule has 1 heteroatoms. The third-order valence-electron chi connectivity index (χ3n) is 4.72. The summed E-state index contributed by atoms with van der Waals surface area (Å²) in [7, 11) is 0. The first-order valence-electron chi connectivity index (χ1n) is 9.27. The number of aromatic hydroxyl groups is 1. The molecule has 0 aliphatic rings. The van der Waals surface area contributed by atoms with E-state index in [-0.39, 0.29) is 0 Å². The minimum Gasteiger partial charge on any atom is -0.508 e. The van der Waals surface area contributed by atoms with E-state index >= 15 is 0 Å². The van der Waals surface area contributed by atoms with Crippen LogP contribution in [0.4, 0.5) is 0 Å².